The minimum atomic E-state index is -0.474. The van der Waals surface area contributed by atoms with Gasteiger partial charge in [-0.05, 0) is 44.3 Å². The number of nitrogens with one attached hydrogen (secondary N) is 1. The summed E-state index contributed by atoms with van der Waals surface area (Å²) in [4.78, 5) is 24.5. The SMILES string of the molecule is CCOCCn1cc2c(C3C(=O)Cc4ccc(Cl)cc43)nc(NCCN(C)C)nc2n1. The van der Waals surface area contributed by atoms with E-state index in [4.69, 9.17) is 21.3 Å². The monoisotopic (exact) mass is 442 g/mol. The smallest absolute Gasteiger partial charge is 0.225 e. The molecule has 1 aromatic carbocycles. The lowest BCUT2D eigenvalue weighted by atomic mass is 9.95. The van der Waals surface area contributed by atoms with Gasteiger partial charge in [0.15, 0.2) is 11.4 Å². The highest BCUT2D eigenvalue weighted by Gasteiger charge is 2.35. The van der Waals surface area contributed by atoms with E-state index < -0.39 is 5.92 Å². The van der Waals surface area contributed by atoms with Crippen LogP contribution < -0.4 is 5.32 Å². The van der Waals surface area contributed by atoms with Crippen LogP contribution in [0.2, 0.25) is 5.02 Å². The Morgan fingerprint density at radius 1 is 1.32 bits per heavy atom. The van der Waals surface area contributed by atoms with Crippen molar-refractivity contribution in [2.75, 3.05) is 45.7 Å². The van der Waals surface area contributed by atoms with Crippen LogP contribution in [0, 0.1) is 0 Å². The number of ketones is 1. The molecule has 0 fully saturated rings. The van der Waals surface area contributed by atoms with Gasteiger partial charge in [-0.2, -0.15) is 10.1 Å². The molecular weight excluding hydrogens is 416 g/mol. The predicted molar refractivity (Wildman–Crippen MR) is 121 cm³/mol. The fourth-order valence-corrected chi connectivity index (χ4v) is 4.02. The molecule has 1 aliphatic carbocycles. The largest absolute Gasteiger partial charge is 0.380 e. The standard InChI is InChI=1S/C22H27ClN6O2/c1-4-31-10-9-29-13-17-20(19-16-12-15(23)6-5-14(16)11-18(19)30)25-22(26-21(17)27-29)24-7-8-28(2)3/h5-6,12-13,19H,4,7-11H2,1-3H3,(H,24,26,27). The highest BCUT2D eigenvalue weighted by atomic mass is 35.5. The fraction of sp³-hybridized carbons (Fsp3) is 0.455. The van der Waals surface area contributed by atoms with Gasteiger partial charge in [0.05, 0.1) is 30.1 Å². The Balaban J connectivity index is 1.76. The number of anilines is 1. The van der Waals surface area contributed by atoms with Crippen LogP contribution in [-0.4, -0.2) is 70.8 Å². The van der Waals surface area contributed by atoms with Crippen LogP contribution in [0.5, 0.6) is 0 Å². The Labute approximate surface area is 186 Å². The number of carbonyl (C=O) groups is 1. The van der Waals surface area contributed by atoms with E-state index in [2.05, 4.69) is 20.3 Å². The maximum atomic E-state index is 13.0. The molecule has 3 aromatic rings. The maximum absolute atomic E-state index is 13.0. The number of fused-ring (bicyclic) bond motifs is 2. The van der Waals surface area contributed by atoms with Gasteiger partial charge in [-0.3, -0.25) is 9.48 Å². The molecule has 1 unspecified atom stereocenters. The summed E-state index contributed by atoms with van der Waals surface area (Å²) in [6.45, 7) is 5.30. The second-order valence-corrected chi connectivity index (χ2v) is 8.34. The second-order valence-electron chi connectivity index (χ2n) is 7.91. The van der Waals surface area contributed by atoms with Crippen LogP contribution >= 0.6 is 11.6 Å². The summed E-state index contributed by atoms with van der Waals surface area (Å²) in [5.74, 6) is 0.111. The van der Waals surface area contributed by atoms with Crippen LogP contribution in [0.15, 0.2) is 24.4 Å². The van der Waals surface area contributed by atoms with Gasteiger partial charge in [0.1, 0.15) is 0 Å². The van der Waals surface area contributed by atoms with Crippen molar-refractivity contribution in [3.63, 3.8) is 0 Å². The van der Waals surface area contributed by atoms with Gasteiger partial charge in [-0.1, -0.05) is 17.7 Å². The third-order valence-electron chi connectivity index (χ3n) is 5.35. The second kappa shape index (κ2) is 9.30. The normalized spacial score (nSPS) is 15.8. The topological polar surface area (TPSA) is 85.2 Å². The van der Waals surface area contributed by atoms with E-state index in [1.807, 2.05) is 45.4 Å². The number of hydrogen-bond donors (Lipinski definition) is 1. The quantitative estimate of drug-likeness (QED) is 0.510. The van der Waals surface area contributed by atoms with Crippen LogP contribution in [0.1, 0.15) is 29.7 Å². The maximum Gasteiger partial charge on any atom is 0.225 e. The van der Waals surface area contributed by atoms with Crippen molar-refractivity contribution in [2.45, 2.75) is 25.8 Å². The molecule has 0 aliphatic heterocycles. The summed E-state index contributed by atoms with van der Waals surface area (Å²) in [6, 6.07) is 5.63. The number of hydrogen-bond acceptors (Lipinski definition) is 7. The highest BCUT2D eigenvalue weighted by molar-refractivity contribution is 6.30. The Kier molecular flexibility index (Phi) is 6.50. The van der Waals surface area contributed by atoms with Gasteiger partial charge in [0.25, 0.3) is 0 Å². The molecule has 4 rings (SSSR count). The first-order valence-corrected chi connectivity index (χ1v) is 10.9. The predicted octanol–water partition coefficient (Wildman–Crippen LogP) is 2.75. The number of rotatable bonds is 9. The van der Waals surface area contributed by atoms with Crippen molar-refractivity contribution < 1.29 is 9.53 Å². The van der Waals surface area contributed by atoms with E-state index >= 15 is 0 Å². The number of aromatic nitrogens is 4. The molecule has 1 N–H and O–H groups in total. The zero-order valence-electron chi connectivity index (χ0n) is 18.1. The van der Waals surface area contributed by atoms with Gasteiger partial charge < -0.3 is 15.0 Å². The van der Waals surface area contributed by atoms with Gasteiger partial charge in [-0.25, -0.2) is 4.98 Å². The van der Waals surface area contributed by atoms with Crippen LogP contribution in [-0.2, 0) is 22.5 Å². The minimum Gasteiger partial charge on any atom is -0.380 e. The van der Waals surface area contributed by atoms with E-state index in [0.717, 1.165) is 23.1 Å². The molecule has 8 nitrogen and oxygen atoms in total. The minimum absolute atomic E-state index is 0.110. The molecule has 9 heteroatoms. The zero-order chi connectivity index (χ0) is 22.0. The number of benzene rings is 1. The van der Waals surface area contributed by atoms with E-state index in [0.29, 0.717) is 55.0 Å². The summed E-state index contributed by atoms with van der Waals surface area (Å²) < 4.78 is 7.26. The summed E-state index contributed by atoms with van der Waals surface area (Å²) in [5.41, 5.74) is 3.15. The molecule has 2 heterocycles. The van der Waals surface area contributed by atoms with Crippen molar-refractivity contribution >= 4 is 34.4 Å². The van der Waals surface area contributed by atoms with Crippen LogP contribution in [0.3, 0.4) is 0 Å². The molecule has 1 atom stereocenters. The van der Waals surface area contributed by atoms with Crippen LogP contribution in [0.4, 0.5) is 5.95 Å². The molecule has 0 spiro atoms. The Morgan fingerprint density at radius 3 is 2.94 bits per heavy atom. The number of nitrogens with zero attached hydrogens (tertiary/aromatic N) is 5. The van der Waals surface area contributed by atoms with Gasteiger partial charge in [0, 0.05) is 37.3 Å². The lowest BCUT2D eigenvalue weighted by Crippen LogP contribution is -2.22. The zero-order valence-corrected chi connectivity index (χ0v) is 18.8. The molecule has 0 bridgehead atoms. The van der Waals surface area contributed by atoms with E-state index in [1.165, 1.54) is 0 Å². The fourth-order valence-electron chi connectivity index (χ4n) is 3.84. The van der Waals surface area contributed by atoms with E-state index in [9.17, 15) is 4.79 Å². The third kappa shape index (κ3) is 4.71. The number of likely N-dealkylation sites (N-methyl/N-ethyl adjacent to an activating group) is 1. The average Bonchev–Trinajstić information content (AvgIpc) is 3.27. The van der Waals surface area contributed by atoms with Crippen molar-refractivity contribution in [1.82, 2.24) is 24.6 Å². The van der Waals surface area contributed by atoms with Gasteiger partial charge in [-0.15, -0.1) is 0 Å². The first kappa shape index (κ1) is 21.7. The van der Waals surface area contributed by atoms with Crippen molar-refractivity contribution in [3.8, 4) is 0 Å². The first-order valence-electron chi connectivity index (χ1n) is 10.5. The third-order valence-corrected chi connectivity index (χ3v) is 5.58. The molecule has 2 aromatic heterocycles. The molecule has 1 aliphatic rings. The summed E-state index contributed by atoms with van der Waals surface area (Å²) >= 11 is 6.26. The van der Waals surface area contributed by atoms with Crippen molar-refractivity contribution in [2.24, 2.45) is 0 Å². The Bertz CT molecular complexity index is 1100. The molecule has 164 valence electrons. The molecule has 0 saturated heterocycles. The van der Waals surface area contributed by atoms with E-state index in [1.54, 1.807) is 4.68 Å². The first-order chi connectivity index (χ1) is 15.0. The summed E-state index contributed by atoms with van der Waals surface area (Å²) in [5, 5.41) is 9.28. The van der Waals surface area contributed by atoms with Crippen molar-refractivity contribution in [3.05, 3.63) is 46.2 Å². The van der Waals surface area contributed by atoms with Gasteiger partial charge in [0.2, 0.25) is 5.95 Å². The Morgan fingerprint density at radius 2 is 2.16 bits per heavy atom. The van der Waals surface area contributed by atoms with Crippen molar-refractivity contribution in [1.29, 1.82) is 0 Å². The summed E-state index contributed by atoms with van der Waals surface area (Å²) in [7, 11) is 4.02. The Hall–Kier alpha value is -2.55. The molecule has 0 saturated carbocycles. The van der Waals surface area contributed by atoms with Crippen LogP contribution in [0.25, 0.3) is 11.0 Å². The number of ether oxygens (including phenoxy) is 1. The number of halogens is 1. The highest BCUT2D eigenvalue weighted by Crippen LogP contribution is 2.39. The molecule has 0 radical (unpaired) electrons. The molecule has 31 heavy (non-hydrogen) atoms. The van der Waals surface area contributed by atoms with E-state index in [-0.39, 0.29) is 5.78 Å². The number of carbonyl (C=O) groups excluding carboxylic acids is 1. The number of Topliss-reactive ketones (excluding diaryl/α,β-unsaturated/α-hetero) is 1. The summed E-state index contributed by atoms with van der Waals surface area (Å²) in [6.07, 6.45) is 2.29. The molecular formula is C22H27ClN6O2. The lowest BCUT2D eigenvalue weighted by molar-refractivity contribution is -0.118. The average molecular weight is 443 g/mol. The lowest BCUT2D eigenvalue weighted by Gasteiger charge is -2.14. The van der Waals surface area contributed by atoms with Gasteiger partial charge >= 0.3 is 0 Å². The molecule has 0 amide bonds.